The van der Waals surface area contributed by atoms with E-state index in [4.69, 9.17) is 0 Å². The van der Waals surface area contributed by atoms with E-state index in [9.17, 15) is 0 Å². The molecule has 1 heterocycles. The maximum atomic E-state index is 4.38. The summed E-state index contributed by atoms with van der Waals surface area (Å²) in [4.78, 5) is 8.46. The van der Waals surface area contributed by atoms with Crippen LogP contribution in [0.2, 0.25) is 0 Å². The second-order valence-corrected chi connectivity index (χ2v) is 3.32. The number of aryl methyl sites for hydroxylation is 1. The summed E-state index contributed by atoms with van der Waals surface area (Å²) in [6.07, 6.45) is 1.78. The Morgan fingerprint density at radius 2 is 2.07 bits per heavy atom. The van der Waals surface area contributed by atoms with E-state index < -0.39 is 0 Å². The molecule has 0 unspecified atom stereocenters. The molecule has 0 spiro atoms. The summed E-state index contributed by atoms with van der Waals surface area (Å²) < 4.78 is 0. The van der Waals surface area contributed by atoms with Crippen molar-refractivity contribution in [2.75, 3.05) is 12.4 Å². The molecule has 0 aliphatic rings. The van der Waals surface area contributed by atoms with E-state index in [-0.39, 0.29) is 0 Å². The lowest BCUT2D eigenvalue weighted by Crippen LogP contribution is -1.91. The van der Waals surface area contributed by atoms with Crippen LogP contribution >= 0.6 is 0 Å². The molecule has 0 aliphatic carbocycles. The topological polar surface area (TPSA) is 37.8 Å². The molecule has 0 atom stereocenters. The molecular weight excluding hydrogens is 186 g/mol. The number of hydrogen-bond acceptors (Lipinski definition) is 3. The highest BCUT2D eigenvalue weighted by Crippen LogP contribution is 2.19. The van der Waals surface area contributed by atoms with Gasteiger partial charge in [0.1, 0.15) is 5.82 Å². The Morgan fingerprint density at radius 3 is 2.80 bits per heavy atom. The Balaban J connectivity index is 2.44. The van der Waals surface area contributed by atoms with Gasteiger partial charge in [-0.05, 0) is 25.1 Å². The van der Waals surface area contributed by atoms with Gasteiger partial charge in [-0.25, -0.2) is 9.97 Å². The molecule has 3 nitrogen and oxygen atoms in total. The Kier molecular flexibility index (Phi) is 2.63. The normalized spacial score (nSPS) is 10.0. The molecule has 0 radical (unpaired) electrons. The highest BCUT2D eigenvalue weighted by molar-refractivity contribution is 5.64. The van der Waals surface area contributed by atoms with Gasteiger partial charge in [-0.15, -0.1) is 0 Å². The van der Waals surface area contributed by atoms with Crippen molar-refractivity contribution in [1.82, 2.24) is 9.97 Å². The fourth-order valence-electron chi connectivity index (χ4n) is 1.45. The highest BCUT2D eigenvalue weighted by atomic mass is 14.9. The number of nitrogens with one attached hydrogen (secondary N) is 1. The lowest BCUT2D eigenvalue weighted by molar-refractivity contribution is 1.06. The zero-order valence-electron chi connectivity index (χ0n) is 8.86. The summed E-state index contributed by atoms with van der Waals surface area (Å²) in [6, 6.07) is 10.1. The van der Waals surface area contributed by atoms with E-state index >= 15 is 0 Å². The van der Waals surface area contributed by atoms with Crippen molar-refractivity contribution in [1.29, 1.82) is 0 Å². The molecule has 0 fully saturated rings. The first-order valence-corrected chi connectivity index (χ1v) is 4.87. The minimum atomic E-state index is 0.794. The second kappa shape index (κ2) is 4.09. The fourth-order valence-corrected chi connectivity index (χ4v) is 1.45. The molecule has 3 heteroatoms. The van der Waals surface area contributed by atoms with Crippen LogP contribution in [0.1, 0.15) is 5.82 Å². The van der Waals surface area contributed by atoms with Crippen molar-refractivity contribution in [3.8, 4) is 11.3 Å². The standard InChI is InChI=1S/C12H13N3/c1-9-14-7-6-12(15-9)10-4-3-5-11(8-10)13-2/h3-8,13H,1-2H3. The maximum Gasteiger partial charge on any atom is 0.125 e. The number of rotatable bonds is 2. The molecule has 76 valence electrons. The highest BCUT2D eigenvalue weighted by Gasteiger charge is 2.00. The van der Waals surface area contributed by atoms with Gasteiger partial charge >= 0.3 is 0 Å². The van der Waals surface area contributed by atoms with Crippen LogP contribution in [0.4, 0.5) is 5.69 Å². The van der Waals surface area contributed by atoms with Gasteiger partial charge in [0.05, 0.1) is 5.69 Å². The van der Waals surface area contributed by atoms with Gasteiger partial charge in [-0.1, -0.05) is 12.1 Å². The largest absolute Gasteiger partial charge is 0.388 e. The summed E-state index contributed by atoms with van der Waals surface area (Å²) in [6.45, 7) is 1.89. The average Bonchev–Trinajstić information content (AvgIpc) is 2.29. The quantitative estimate of drug-likeness (QED) is 0.807. The Bertz CT molecular complexity index is 466. The maximum absolute atomic E-state index is 4.38. The number of hydrogen-bond donors (Lipinski definition) is 1. The van der Waals surface area contributed by atoms with Crippen molar-refractivity contribution in [2.45, 2.75) is 6.92 Å². The summed E-state index contributed by atoms with van der Waals surface area (Å²) in [7, 11) is 1.91. The van der Waals surface area contributed by atoms with Crippen LogP contribution in [0.5, 0.6) is 0 Å². The van der Waals surface area contributed by atoms with Crippen LogP contribution < -0.4 is 5.32 Å². The van der Waals surface area contributed by atoms with E-state index in [1.807, 2.05) is 38.2 Å². The summed E-state index contributed by atoms with van der Waals surface area (Å²) >= 11 is 0. The zero-order chi connectivity index (χ0) is 10.7. The lowest BCUT2D eigenvalue weighted by atomic mass is 10.1. The third-order valence-corrected chi connectivity index (χ3v) is 2.22. The van der Waals surface area contributed by atoms with Crippen molar-refractivity contribution in [3.05, 3.63) is 42.4 Å². The number of anilines is 1. The van der Waals surface area contributed by atoms with Crippen LogP contribution in [0.25, 0.3) is 11.3 Å². The predicted octanol–water partition coefficient (Wildman–Crippen LogP) is 2.49. The fraction of sp³-hybridized carbons (Fsp3) is 0.167. The Labute approximate surface area is 89.2 Å². The van der Waals surface area contributed by atoms with Gasteiger partial charge in [0.25, 0.3) is 0 Å². The van der Waals surface area contributed by atoms with E-state index in [1.54, 1.807) is 6.20 Å². The number of nitrogens with zero attached hydrogens (tertiary/aromatic N) is 2. The van der Waals surface area contributed by atoms with Crippen LogP contribution in [0.3, 0.4) is 0 Å². The van der Waals surface area contributed by atoms with Gasteiger partial charge in [0, 0.05) is 24.5 Å². The van der Waals surface area contributed by atoms with E-state index in [0.717, 1.165) is 22.8 Å². The number of aromatic nitrogens is 2. The minimum absolute atomic E-state index is 0.794. The van der Waals surface area contributed by atoms with Crippen LogP contribution in [-0.4, -0.2) is 17.0 Å². The second-order valence-electron chi connectivity index (χ2n) is 3.32. The van der Waals surface area contributed by atoms with Crippen molar-refractivity contribution in [2.24, 2.45) is 0 Å². The Morgan fingerprint density at radius 1 is 1.20 bits per heavy atom. The van der Waals surface area contributed by atoms with Crippen molar-refractivity contribution >= 4 is 5.69 Å². The van der Waals surface area contributed by atoms with Crippen LogP contribution in [0.15, 0.2) is 36.5 Å². The molecular formula is C12H13N3. The first kappa shape index (κ1) is 9.65. The summed E-state index contributed by atoms with van der Waals surface area (Å²) in [5.41, 5.74) is 3.15. The molecule has 0 bridgehead atoms. The van der Waals surface area contributed by atoms with E-state index in [1.165, 1.54) is 0 Å². The van der Waals surface area contributed by atoms with Crippen molar-refractivity contribution in [3.63, 3.8) is 0 Å². The summed E-state index contributed by atoms with van der Waals surface area (Å²) in [5, 5.41) is 3.11. The minimum Gasteiger partial charge on any atom is -0.388 e. The zero-order valence-corrected chi connectivity index (χ0v) is 8.86. The predicted molar refractivity (Wildman–Crippen MR) is 61.8 cm³/mol. The lowest BCUT2D eigenvalue weighted by Gasteiger charge is -2.04. The molecule has 2 rings (SSSR count). The molecule has 1 N–H and O–H groups in total. The van der Waals surface area contributed by atoms with Gasteiger partial charge in [0.15, 0.2) is 0 Å². The van der Waals surface area contributed by atoms with E-state index in [0.29, 0.717) is 0 Å². The molecule has 15 heavy (non-hydrogen) atoms. The third kappa shape index (κ3) is 2.13. The number of benzene rings is 1. The van der Waals surface area contributed by atoms with Crippen LogP contribution in [-0.2, 0) is 0 Å². The molecule has 1 aromatic carbocycles. The third-order valence-electron chi connectivity index (χ3n) is 2.22. The average molecular weight is 199 g/mol. The van der Waals surface area contributed by atoms with Gasteiger partial charge < -0.3 is 5.32 Å². The van der Waals surface area contributed by atoms with Gasteiger partial charge in [-0.2, -0.15) is 0 Å². The monoisotopic (exact) mass is 199 g/mol. The van der Waals surface area contributed by atoms with Crippen molar-refractivity contribution < 1.29 is 0 Å². The SMILES string of the molecule is CNc1cccc(-c2ccnc(C)n2)c1. The molecule has 0 amide bonds. The summed E-state index contributed by atoms with van der Waals surface area (Å²) in [5.74, 6) is 0.794. The molecule has 0 saturated heterocycles. The smallest absolute Gasteiger partial charge is 0.125 e. The molecule has 2 aromatic rings. The molecule has 0 aliphatic heterocycles. The first-order chi connectivity index (χ1) is 7.29. The van der Waals surface area contributed by atoms with Crippen LogP contribution in [0, 0.1) is 6.92 Å². The molecule has 0 saturated carbocycles. The molecule has 1 aromatic heterocycles. The first-order valence-electron chi connectivity index (χ1n) is 4.87. The van der Waals surface area contributed by atoms with Gasteiger partial charge in [0.2, 0.25) is 0 Å². The van der Waals surface area contributed by atoms with Gasteiger partial charge in [-0.3, -0.25) is 0 Å². The Hall–Kier alpha value is -1.90. The van der Waals surface area contributed by atoms with E-state index in [2.05, 4.69) is 21.4 Å².